The van der Waals surface area contributed by atoms with Crippen LogP contribution in [0.4, 0.5) is 4.39 Å². The minimum absolute atomic E-state index is 0.114. The number of benzene rings is 1. The van der Waals surface area contributed by atoms with Crippen LogP contribution in [-0.2, 0) is 0 Å². The minimum atomic E-state index is -0.414. The number of Topliss-reactive ketones (excluding diaryl/α,β-unsaturated/α-hetero) is 1. The van der Waals surface area contributed by atoms with Crippen molar-refractivity contribution in [2.75, 3.05) is 19.6 Å². The number of piperidine rings is 1. The molecule has 0 radical (unpaired) electrons. The molecule has 1 saturated heterocycles. The van der Waals surface area contributed by atoms with Crippen LogP contribution in [0.5, 0.6) is 0 Å². The van der Waals surface area contributed by atoms with Crippen molar-refractivity contribution in [1.82, 2.24) is 4.90 Å². The summed E-state index contributed by atoms with van der Waals surface area (Å²) in [7, 11) is 0. The third kappa shape index (κ3) is 3.13. The van der Waals surface area contributed by atoms with Crippen molar-refractivity contribution in [3.05, 3.63) is 35.6 Å². The van der Waals surface area contributed by atoms with Gasteiger partial charge in [0, 0.05) is 6.54 Å². The molecule has 1 heterocycles. The van der Waals surface area contributed by atoms with Gasteiger partial charge >= 0.3 is 0 Å². The van der Waals surface area contributed by atoms with Crippen molar-refractivity contribution >= 4 is 5.78 Å². The lowest BCUT2D eigenvalue weighted by molar-refractivity contribution is 0.0889. The lowest BCUT2D eigenvalue weighted by Crippen LogP contribution is -2.38. The number of ketones is 1. The van der Waals surface area contributed by atoms with Crippen LogP contribution in [0.3, 0.4) is 0 Å². The van der Waals surface area contributed by atoms with Gasteiger partial charge in [0.05, 0.1) is 12.1 Å². The summed E-state index contributed by atoms with van der Waals surface area (Å²) in [6.45, 7) is 4.43. The van der Waals surface area contributed by atoms with E-state index in [9.17, 15) is 9.18 Å². The Morgan fingerprint density at radius 1 is 1.47 bits per heavy atom. The predicted molar refractivity (Wildman–Crippen MR) is 65.6 cm³/mol. The zero-order valence-electron chi connectivity index (χ0n) is 10.2. The van der Waals surface area contributed by atoms with Crippen molar-refractivity contribution in [3.8, 4) is 0 Å². The van der Waals surface area contributed by atoms with Gasteiger partial charge in [0.1, 0.15) is 5.82 Å². The maximum atomic E-state index is 13.4. The summed E-state index contributed by atoms with van der Waals surface area (Å²) in [5.41, 5.74) is 0.214. The summed E-state index contributed by atoms with van der Waals surface area (Å²) in [5, 5.41) is 0. The highest BCUT2D eigenvalue weighted by Gasteiger charge is 2.20. The largest absolute Gasteiger partial charge is 0.296 e. The van der Waals surface area contributed by atoms with E-state index in [1.165, 1.54) is 12.5 Å². The molecule has 2 rings (SSSR count). The summed E-state index contributed by atoms with van der Waals surface area (Å²) < 4.78 is 13.4. The maximum absolute atomic E-state index is 13.4. The standard InChI is InChI=1S/C14H18FNO/c1-11-5-4-8-16(9-11)10-14(17)12-6-2-3-7-13(12)15/h2-3,6-7,11H,4-5,8-10H2,1H3/t11-/m1/s1. The summed E-state index contributed by atoms with van der Waals surface area (Å²) in [6.07, 6.45) is 2.36. The van der Waals surface area contributed by atoms with E-state index in [1.807, 2.05) is 0 Å². The molecule has 0 spiro atoms. The number of rotatable bonds is 3. The molecule has 1 aromatic carbocycles. The monoisotopic (exact) mass is 235 g/mol. The van der Waals surface area contributed by atoms with Gasteiger partial charge in [-0.2, -0.15) is 0 Å². The number of halogens is 1. The molecule has 17 heavy (non-hydrogen) atoms. The van der Waals surface area contributed by atoms with Gasteiger partial charge in [0.25, 0.3) is 0 Å². The average molecular weight is 235 g/mol. The summed E-state index contributed by atoms with van der Waals surface area (Å²) in [4.78, 5) is 14.1. The minimum Gasteiger partial charge on any atom is -0.296 e. The SMILES string of the molecule is C[C@@H]1CCCN(CC(=O)c2ccccc2F)C1. The molecule has 0 N–H and O–H groups in total. The Labute approximate surface area is 101 Å². The van der Waals surface area contributed by atoms with Crippen LogP contribution >= 0.6 is 0 Å². The van der Waals surface area contributed by atoms with Crippen LogP contribution < -0.4 is 0 Å². The first kappa shape index (κ1) is 12.2. The summed E-state index contributed by atoms with van der Waals surface area (Å²) in [6, 6.07) is 6.21. The maximum Gasteiger partial charge on any atom is 0.179 e. The Morgan fingerprint density at radius 2 is 2.24 bits per heavy atom. The highest BCUT2D eigenvalue weighted by Crippen LogP contribution is 2.16. The molecule has 2 nitrogen and oxygen atoms in total. The highest BCUT2D eigenvalue weighted by molar-refractivity contribution is 5.97. The third-order valence-electron chi connectivity index (χ3n) is 3.28. The molecule has 0 unspecified atom stereocenters. The molecular formula is C14H18FNO. The lowest BCUT2D eigenvalue weighted by Gasteiger charge is -2.30. The second kappa shape index (κ2) is 5.41. The fraction of sp³-hybridized carbons (Fsp3) is 0.500. The Balaban J connectivity index is 1.99. The number of likely N-dealkylation sites (tertiary alicyclic amines) is 1. The molecule has 0 aromatic heterocycles. The van der Waals surface area contributed by atoms with Gasteiger partial charge in [0.2, 0.25) is 0 Å². The van der Waals surface area contributed by atoms with Crippen LogP contribution in [-0.4, -0.2) is 30.3 Å². The quantitative estimate of drug-likeness (QED) is 0.751. The molecule has 0 aliphatic carbocycles. The molecule has 1 fully saturated rings. The summed E-state index contributed by atoms with van der Waals surface area (Å²) in [5.74, 6) is 0.108. The molecule has 0 saturated carbocycles. The Kier molecular flexibility index (Phi) is 3.89. The summed E-state index contributed by atoms with van der Waals surface area (Å²) >= 11 is 0. The Morgan fingerprint density at radius 3 is 2.94 bits per heavy atom. The van der Waals surface area contributed by atoms with Crippen molar-refractivity contribution in [2.45, 2.75) is 19.8 Å². The van der Waals surface area contributed by atoms with Gasteiger partial charge in [-0.3, -0.25) is 9.69 Å². The van der Waals surface area contributed by atoms with Gasteiger partial charge in [0.15, 0.2) is 5.78 Å². The van der Waals surface area contributed by atoms with Crippen molar-refractivity contribution in [3.63, 3.8) is 0 Å². The van der Waals surface area contributed by atoms with Gasteiger partial charge in [-0.1, -0.05) is 19.1 Å². The van der Waals surface area contributed by atoms with Gasteiger partial charge < -0.3 is 0 Å². The molecule has 3 heteroatoms. The smallest absolute Gasteiger partial charge is 0.179 e. The first-order valence-electron chi connectivity index (χ1n) is 6.17. The van der Waals surface area contributed by atoms with Gasteiger partial charge in [-0.25, -0.2) is 4.39 Å². The fourth-order valence-electron chi connectivity index (χ4n) is 2.41. The van der Waals surface area contributed by atoms with E-state index in [4.69, 9.17) is 0 Å². The normalized spacial score (nSPS) is 21.4. The molecule has 92 valence electrons. The van der Waals surface area contributed by atoms with Crippen LogP contribution in [0, 0.1) is 11.7 Å². The van der Waals surface area contributed by atoms with Crippen molar-refractivity contribution in [2.24, 2.45) is 5.92 Å². The van der Waals surface area contributed by atoms with E-state index in [0.717, 1.165) is 19.5 Å². The molecule has 1 aliphatic rings. The third-order valence-corrected chi connectivity index (χ3v) is 3.28. The van der Waals surface area contributed by atoms with Crippen LogP contribution in [0.25, 0.3) is 0 Å². The van der Waals surface area contributed by atoms with Gasteiger partial charge in [-0.15, -0.1) is 0 Å². The van der Waals surface area contributed by atoms with E-state index in [-0.39, 0.29) is 11.3 Å². The number of carbonyl (C=O) groups is 1. The van der Waals surface area contributed by atoms with Crippen molar-refractivity contribution < 1.29 is 9.18 Å². The Bertz CT molecular complexity index is 405. The number of carbonyl (C=O) groups excluding carboxylic acids is 1. The molecule has 1 aromatic rings. The topological polar surface area (TPSA) is 20.3 Å². The molecule has 0 bridgehead atoms. The molecule has 1 atom stereocenters. The molecular weight excluding hydrogens is 217 g/mol. The zero-order valence-corrected chi connectivity index (χ0v) is 10.2. The predicted octanol–water partition coefficient (Wildman–Crippen LogP) is 2.74. The zero-order chi connectivity index (χ0) is 12.3. The Hall–Kier alpha value is -1.22. The lowest BCUT2D eigenvalue weighted by atomic mass is 9.99. The number of nitrogens with zero attached hydrogens (tertiary/aromatic N) is 1. The molecule has 0 amide bonds. The van der Waals surface area contributed by atoms with Crippen molar-refractivity contribution in [1.29, 1.82) is 0 Å². The van der Waals surface area contributed by atoms with Gasteiger partial charge in [-0.05, 0) is 37.4 Å². The molecule has 1 aliphatic heterocycles. The number of hydrogen-bond acceptors (Lipinski definition) is 2. The second-order valence-corrected chi connectivity index (χ2v) is 4.89. The van der Waals surface area contributed by atoms with E-state index < -0.39 is 5.82 Å². The highest BCUT2D eigenvalue weighted by atomic mass is 19.1. The van der Waals surface area contributed by atoms with Crippen LogP contribution in [0.2, 0.25) is 0 Å². The van der Waals surface area contributed by atoms with E-state index in [2.05, 4.69) is 11.8 Å². The van der Waals surface area contributed by atoms with Crippen LogP contribution in [0.1, 0.15) is 30.1 Å². The first-order chi connectivity index (χ1) is 8.16. The fourth-order valence-corrected chi connectivity index (χ4v) is 2.41. The first-order valence-corrected chi connectivity index (χ1v) is 6.17. The average Bonchev–Trinajstić information content (AvgIpc) is 2.29. The van der Waals surface area contributed by atoms with E-state index in [0.29, 0.717) is 12.5 Å². The van der Waals surface area contributed by atoms with E-state index in [1.54, 1.807) is 18.2 Å². The van der Waals surface area contributed by atoms with Crippen LogP contribution in [0.15, 0.2) is 24.3 Å². The number of hydrogen-bond donors (Lipinski definition) is 0. The second-order valence-electron chi connectivity index (χ2n) is 4.89. The van der Waals surface area contributed by atoms with E-state index >= 15 is 0 Å².